The first-order valence-electron chi connectivity index (χ1n) is 9.47. The van der Waals surface area contributed by atoms with Crippen LogP contribution in [0.3, 0.4) is 0 Å². The number of nitrogens with zero attached hydrogens (tertiary/aromatic N) is 2. The highest BCUT2D eigenvalue weighted by Gasteiger charge is 2.39. The number of ether oxygens (including phenoxy) is 1. The van der Waals surface area contributed by atoms with Crippen LogP contribution < -0.4 is 0 Å². The number of sulfonamides is 1. The number of sulfone groups is 1. The number of hydrogen-bond donors (Lipinski definition) is 0. The van der Waals surface area contributed by atoms with Crippen molar-refractivity contribution in [3.05, 3.63) is 28.8 Å². The van der Waals surface area contributed by atoms with Gasteiger partial charge in [0.15, 0.2) is 9.84 Å². The minimum Gasteiger partial charge on any atom is -0.379 e. The zero-order valence-corrected chi connectivity index (χ0v) is 18.4. The fourth-order valence-electron chi connectivity index (χ4n) is 3.75. The molecule has 1 aromatic carbocycles. The molecule has 7 nitrogen and oxygen atoms in total. The van der Waals surface area contributed by atoms with E-state index in [4.69, 9.17) is 16.3 Å². The van der Waals surface area contributed by atoms with Gasteiger partial charge >= 0.3 is 0 Å². The lowest BCUT2D eigenvalue weighted by Gasteiger charge is -2.30. The summed E-state index contributed by atoms with van der Waals surface area (Å²) in [4.78, 5) is 2.39. The van der Waals surface area contributed by atoms with Crippen molar-refractivity contribution in [3.8, 4) is 0 Å². The molecule has 2 aliphatic rings. The molecular formula is C18H27ClN2O5S2. The highest BCUT2D eigenvalue weighted by Crippen LogP contribution is 2.28. The Morgan fingerprint density at radius 2 is 2.00 bits per heavy atom. The fourth-order valence-corrected chi connectivity index (χ4v) is 7.76. The van der Waals surface area contributed by atoms with E-state index in [1.807, 2.05) is 0 Å². The molecule has 2 saturated heterocycles. The van der Waals surface area contributed by atoms with E-state index in [1.54, 1.807) is 19.1 Å². The fraction of sp³-hybridized carbons (Fsp3) is 0.667. The van der Waals surface area contributed by atoms with Crippen molar-refractivity contribution in [1.82, 2.24) is 9.21 Å². The molecule has 0 amide bonds. The summed E-state index contributed by atoms with van der Waals surface area (Å²) < 4.78 is 57.5. The lowest BCUT2D eigenvalue weighted by atomic mass is 10.2. The van der Waals surface area contributed by atoms with Crippen LogP contribution in [0.2, 0.25) is 5.02 Å². The summed E-state index contributed by atoms with van der Waals surface area (Å²) in [6.45, 7) is 5.79. The van der Waals surface area contributed by atoms with E-state index in [0.29, 0.717) is 36.6 Å². The third-order valence-corrected chi connectivity index (χ3v) is 9.39. The predicted molar refractivity (Wildman–Crippen MR) is 109 cm³/mol. The lowest BCUT2D eigenvalue weighted by Crippen LogP contribution is -2.43. The zero-order chi connectivity index (χ0) is 20.4. The van der Waals surface area contributed by atoms with Crippen LogP contribution in [0.15, 0.2) is 23.1 Å². The largest absolute Gasteiger partial charge is 0.379 e. The van der Waals surface area contributed by atoms with Gasteiger partial charge in [0.1, 0.15) is 0 Å². The van der Waals surface area contributed by atoms with Crippen molar-refractivity contribution in [2.45, 2.75) is 30.7 Å². The van der Waals surface area contributed by atoms with Gasteiger partial charge < -0.3 is 4.74 Å². The molecule has 10 heteroatoms. The maximum Gasteiger partial charge on any atom is 0.243 e. The summed E-state index contributed by atoms with van der Waals surface area (Å²) in [5.74, 6) is -0.0922. The Morgan fingerprint density at radius 3 is 2.64 bits per heavy atom. The van der Waals surface area contributed by atoms with Gasteiger partial charge in [0.2, 0.25) is 10.0 Å². The third kappa shape index (κ3) is 5.25. The number of morpholine rings is 1. The van der Waals surface area contributed by atoms with Crippen molar-refractivity contribution in [2.24, 2.45) is 0 Å². The van der Waals surface area contributed by atoms with Crippen molar-refractivity contribution >= 4 is 31.5 Å². The second kappa shape index (κ2) is 8.97. The second-order valence-electron chi connectivity index (χ2n) is 7.39. The molecular weight excluding hydrogens is 424 g/mol. The Balaban J connectivity index is 1.81. The van der Waals surface area contributed by atoms with Gasteiger partial charge in [-0.05, 0) is 44.0 Å². The van der Waals surface area contributed by atoms with Crippen LogP contribution in [0.25, 0.3) is 0 Å². The topological polar surface area (TPSA) is 84.0 Å². The third-order valence-electron chi connectivity index (χ3n) is 5.31. The molecule has 0 aliphatic carbocycles. The zero-order valence-electron chi connectivity index (χ0n) is 16.0. The summed E-state index contributed by atoms with van der Waals surface area (Å²) in [6.07, 6.45) is 0.966. The van der Waals surface area contributed by atoms with Gasteiger partial charge in [-0.2, -0.15) is 4.31 Å². The molecule has 2 heterocycles. The number of aryl methyl sites for hydroxylation is 1. The van der Waals surface area contributed by atoms with E-state index in [9.17, 15) is 16.8 Å². The van der Waals surface area contributed by atoms with Gasteiger partial charge in [0, 0.05) is 30.7 Å². The van der Waals surface area contributed by atoms with Crippen molar-refractivity contribution < 1.29 is 21.6 Å². The van der Waals surface area contributed by atoms with Crippen LogP contribution in [-0.4, -0.2) is 83.0 Å². The standard InChI is InChI=1S/C18H27ClN2O5S2/c1-15-3-4-16(19)13-18(15)28(24,25)21(17-5-12-27(22,23)14-17)7-2-6-20-8-10-26-11-9-20/h3-4,13,17H,2,5-12,14H2,1H3/t17-/m0/s1. The van der Waals surface area contributed by atoms with E-state index in [1.165, 1.54) is 10.4 Å². The quantitative estimate of drug-likeness (QED) is 0.626. The van der Waals surface area contributed by atoms with Crippen LogP contribution >= 0.6 is 11.6 Å². The molecule has 1 aromatic rings. The normalized spacial score (nSPS) is 23.3. The summed E-state index contributed by atoms with van der Waals surface area (Å²) in [7, 11) is -7.06. The minimum absolute atomic E-state index is 0.0294. The van der Waals surface area contributed by atoms with Crippen LogP contribution in [0, 0.1) is 6.92 Å². The number of halogens is 1. The van der Waals surface area contributed by atoms with Crippen LogP contribution in [0.4, 0.5) is 0 Å². The smallest absolute Gasteiger partial charge is 0.243 e. The second-order valence-corrected chi connectivity index (χ2v) is 11.9. The maximum atomic E-state index is 13.4. The van der Waals surface area contributed by atoms with Crippen LogP contribution in [0.1, 0.15) is 18.4 Å². The average Bonchev–Trinajstić information content (AvgIpc) is 3.00. The van der Waals surface area contributed by atoms with Crippen molar-refractivity contribution in [3.63, 3.8) is 0 Å². The Hall–Kier alpha value is -0.710. The Morgan fingerprint density at radius 1 is 1.29 bits per heavy atom. The minimum atomic E-state index is -3.85. The lowest BCUT2D eigenvalue weighted by molar-refractivity contribution is 0.0367. The molecule has 0 aromatic heterocycles. The van der Waals surface area contributed by atoms with Gasteiger partial charge in [-0.1, -0.05) is 17.7 Å². The van der Waals surface area contributed by atoms with E-state index in [0.717, 1.165) is 19.6 Å². The Bertz CT molecular complexity index is 899. The van der Waals surface area contributed by atoms with Crippen LogP contribution in [0.5, 0.6) is 0 Å². The van der Waals surface area contributed by atoms with Gasteiger partial charge in [-0.25, -0.2) is 16.8 Å². The summed E-state index contributed by atoms with van der Waals surface area (Å²) in [5, 5.41) is 0.344. The first-order valence-corrected chi connectivity index (χ1v) is 13.1. The molecule has 3 rings (SSSR count). The average molecular weight is 451 g/mol. The molecule has 1 atom stereocenters. The summed E-state index contributed by atoms with van der Waals surface area (Å²) in [5.41, 5.74) is 0.600. The molecule has 0 unspecified atom stereocenters. The van der Waals surface area contributed by atoms with Crippen LogP contribution in [-0.2, 0) is 24.6 Å². The SMILES string of the molecule is Cc1ccc(Cl)cc1S(=O)(=O)N(CCCN1CCOCC1)[C@H]1CCS(=O)(=O)C1. The molecule has 2 aliphatic heterocycles. The summed E-state index contributed by atoms with van der Waals surface area (Å²) >= 11 is 6.04. The first-order chi connectivity index (χ1) is 13.2. The molecule has 0 bridgehead atoms. The van der Waals surface area contributed by atoms with E-state index >= 15 is 0 Å². The maximum absolute atomic E-state index is 13.4. The first kappa shape index (κ1) is 22.0. The molecule has 28 heavy (non-hydrogen) atoms. The van der Waals surface area contributed by atoms with Crippen molar-refractivity contribution in [2.75, 3.05) is 50.9 Å². The van der Waals surface area contributed by atoms with Gasteiger partial charge in [-0.15, -0.1) is 0 Å². The van der Waals surface area contributed by atoms with E-state index < -0.39 is 25.9 Å². The highest BCUT2D eigenvalue weighted by atomic mass is 35.5. The number of hydrogen-bond acceptors (Lipinski definition) is 6. The van der Waals surface area contributed by atoms with Gasteiger partial charge in [0.05, 0.1) is 29.6 Å². The summed E-state index contributed by atoms with van der Waals surface area (Å²) in [6, 6.07) is 4.24. The number of benzene rings is 1. The van der Waals surface area contributed by atoms with E-state index in [2.05, 4.69) is 4.90 Å². The monoisotopic (exact) mass is 450 g/mol. The molecule has 2 fully saturated rings. The Labute approximate surface area is 172 Å². The van der Waals surface area contributed by atoms with Gasteiger partial charge in [-0.3, -0.25) is 4.90 Å². The van der Waals surface area contributed by atoms with E-state index in [-0.39, 0.29) is 22.9 Å². The Kier molecular flexibility index (Phi) is 7.05. The molecule has 158 valence electrons. The highest BCUT2D eigenvalue weighted by molar-refractivity contribution is 7.92. The van der Waals surface area contributed by atoms with Gasteiger partial charge in [0.25, 0.3) is 0 Å². The molecule has 0 saturated carbocycles. The number of rotatable bonds is 7. The molecule has 0 radical (unpaired) electrons. The molecule has 0 spiro atoms. The van der Waals surface area contributed by atoms with Crippen molar-refractivity contribution in [1.29, 1.82) is 0 Å². The predicted octanol–water partition coefficient (Wildman–Crippen LogP) is 1.55. The molecule has 0 N–H and O–H groups in total.